The molecule has 23 heavy (non-hydrogen) atoms. The molecule has 3 nitrogen and oxygen atoms in total. The largest absolute Gasteiger partial charge is 0.486 e. The smallest absolute Gasteiger partial charge is 0.125 e. The maximum absolute atomic E-state index is 6.24. The Kier molecular flexibility index (Phi) is 5.69. The second-order valence-corrected chi connectivity index (χ2v) is 5.88. The van der Waals surface area contributed by atoms with E-state index in [-0.39, 0.29) is 24.6 Å². The van der Waals surface area contributed by atoms with E-state index in [1.807, 2.05) is 38.2 Å². The van der Waals surface area contributed by atoms with Crippen LogP contribution in [0.4, 0.5) is 0 Å². The maximum Gasteiger partial charge on any atom is 0.125 e. The van der Waals surface area contributed by atoms with Crippen LogP contribution < -0.4 is 10.5 Å². The first-order chi connectivity index (χ1) is 10.6. The predicted octanol–water partition coefficient (Wildman–Crippen LogP) is 4.46. The highest BCUT2D eigenvalue weighted by atomic mass is 35.5. The highest BCUT2D eigenvalue weighted by molar-refractivity contribution is 5.85. The number of nitrogens with zero attached hydrogens (tertiary/aromatic N) is 1. The van der Waals surface area contributed by atoms with Gasteiger partial charge in [0.15, 0.2) is 0 Å². The minimum absolute atomic E-state index is 0. The van der Waals surface area contributed by atoms with Gasteiger partial charge in [0.25, 0.3) is 0 Å². The van der Waals surface area contributed by atoms with Crippen LogP contribution in [-0.4, -0.2) is 10.6 Å². The number of aromatic nitrogens is 1. The van der Waals surface area contributed by atoms with Crippen LogP contribution in [0, 0.1) is 0 Å². The molecule has 2 atom stereocenters. The van der Waals surface area contributed by atoms with Gasteiger partial charge < -0.3 is 15.0 Å². The van der Waals surface area contributed by atoms with Gasteiger partial charge in [0, 0.05) is 36.6 Å². The molecule has 0 bridgehead atoms. The molecule has 3 rings (SSSR count). The fourth-order valence-corrected chi connectivity index (χ4v) is 2.75. The molecule has 0 aliphatic carbocycles. The van der Waals surface area contributed by atoms with Crippen molar-refractivity contribution < 1.29 is 4.74 Å². The van der Waals surface area contributed by atoms with E-state index in [0.29, 0.717) is 0 Å². The quantitative estimate of drug-likeness (QED) is 0.750. The molecule has 0 saturated heterocycles. The second kappa shape index (κ2) is 7.53. The summed E-state index contributed by atoms with van der Waals surface area (Å²) in [5, 5.41) is 1.19. The topological polar surface area (TPSA) is 40.2 Å². The van der Waals surface area contributed by atoms with Gasteiger partial charge in [-0.3, -0.25) is 0 Å². The number of fused-ring (bicyclic) bond motifs is 1. The van der Waals surface area contributed by atoms with Crippen molar-refractivity contribution >= 4 is 23.3 Å². The summed E-state index contributed by atoms with van der Waals surface area (Å²) in [5.74, 6) is 0.883. The van der Waals surface area contributed by atoms with E-state index >= 15 is 0 Å². The lowest BCUT2D eigenvalue weighted by Gasteiger charge is -2.21. The third kappa shape index (κ3) is 4.06. The predicted molar refractivity (Wildman–Crippen MR) is 98.2 cm³/mol. The number of rotatable bonds is 5. The van der Waals surface area contributed by atoms with Crippen molar-refractivity contribution in [3.05, 3.63) is 66.4 Å². The fourth-order valence-electron chi connectivity index (χ4n) is 2.75. The summed E-state index contributed by atoms with van der Waals surface area (Å²) in [6, 6.07) is 18.7. The van der Waals surface area contributed by atoms with Crippen molar-refractivity contribution in [3.63, 3.8) is 0 Å². The van der Waals surface area contributed by atoms with Gasteiger partial charge in [-0.2, -0.15) is 0 Å². The highest BCUT2D eigenvalue weighted by Crippen LogP contribution is 2.28. The van der Waals surface area contributed by atoms with Crippen LogP contribution in [0.25, 0.3) is 10.9 Å². The van der Waals surface area contributed by atoms with E-state index in [4.69, 9.17) is 10.5 Å². The zero-order valence-corrected chi connectivity index (χ0v) is 14.3. The van der Waals surface area contributed by atoms with E-state index in [1.54, 1.807) is 0 Å². The van der Waals surface area contributed by atoms with Gasteiger partial charge in [-0.05, 0) is 36.8 Å². The summed E-state index contributed by atoms with van der Waals surface area (Å²) in [4.78, 5) is 0. The van der Waals surface area contributed by atoms with E-state index in [9.17, 15) is 0 Å². The Morgan fingerprint density at radius 2 is 1.83 bits per heavy atom. The minimum atomic E-state index is -0.0256. The Labute approximate surface area is 143 Å². The van der Waals surface area contributed by atoms with Crippen LogP contribution in [0.15, 0.2) is 60.8 Å². The molecular weight excluding hydrogens is 308 g/mol. The molecule has 0 saturated carbocycles. The summed E-state index contributed by atoms with van der Waals surface area (Å²) >= 11 is 0. The lowest BCUT2D eigenvalue weighted by Crippen LogP contribution is -2.21. The van der Waals surface area contributed by atoms with Gasteiger partial charge in [0.05, 0.1) is 0 Å². The summed E-state index contributed by atoms with van der Waals surface area (Å²) in [6.45, 7) is 2.01. The van der Waals surface area contributed by atoms with Crippen molar-refractivity contribution in [2.24, 2.45) is 12.8 Å². The fraction of sp³-hybridized carbons (Fsp3) is 0.263. The molecule has 0 fully saturated rings. The van der Waals surface area contributed by atoms with Crippen LogP contribution in [0.3, 0.4) is 0 Å². The molecule has 0 radical (unpaired) electrons. The minimum Gasteiger partial charge on any atom is -0.486 e. The second-order valence-electron chi connectivity index (χ2n) is 5.88. The molecule has 2 N–H and O–H groups in total. The van der Waals surface area contributed by atoms with Crippen LogP contribution in [0.1, 0.15) is 25.0 Å². The number of aryl methyl sites for hydroxylation is 1. The molecule has 122 valence electrons. The molecule has 1 unspecified atom stereocenters. The third-order valence-corrected chi connectivity index (χ3v) is 3.89. The van der Waals surface area contributed by atoms with Crippen LogP contribution in [0.2, 0.25) is 0 Å². The van der Waals surface area contributed by atoms with Crippen molar-refractivity contribution in [1.82, 2.24) is 4.57 Å². The summed E-state index contributed by atoms with van der Waals surface area (Å²) in [6.07, 6.45) is 2.82. The van der Waals surface area contributed by atoms with Gasteiger partial charge in [-0.1, -0.05) is 30.3 Å². The molecule has 0 spiro atoms. The van der Waals surface area contributed by atoms with E-state index in [0.717, 1.165) is 17.7 Å². The average molecular weight is 331 g/mol. The first-order valence-corrected chi connectivity index (χ1v) is 7.66. The molecule has 1 heterocycles. The summed E-state index contributed by atoms with van der Waals surface area (Å²) < 4.78 is 8.35. The Bertz CT molecular complexity index is 752. The molecule has 2 aromatic carbocycles. The zero-order chi connectivity index (χ0) is 15.5. The average Bonchev–Trinajstić information content (AvgIpc) is 2.88. The summed E-state index contributed by atoms with van der Waals surface area (Å²) in [7, 11) is 2.05. The monoisotopic (exact) mass is 330 g/mol. The Hall–Kier alpha value is -1.97. The number of halogens is 1. The Balaban J connectivity index is 0.00000192. The first kappa shape index (κ1) is 17.4. The normalized spacial score (nSPS) is 13.3. The van der Waals surface area contributed by atoms with E-state index in [1.165, 1.54) is 10.9 Å². The van der Waals surface area contributed by atoms with Gasteiger partial charge in [0.1, 0.15) is 11.9 Å². The Morgan fingerprint density at radius 3 is 2.52 bits per heavy atom. The zero-order valence-electron chi connectivity index (χ0n) is 13.5. The van der Waals surface area contributed by atoms with Crippen molar-refractivity contribution in [3.8, 4) is 5.75 Å². The number of hydrogen-bond acceptors (Lipinski definition) is 2. The van der Waals surface area contributed by atoms with Crippen molar-refractivity contribution in [1.29, 1.82) is 0 Å². The van der Waals surface area contributed by atoms with E-state index < -0.39 is 0 Å². The Morgan fingerprint density at radius 1 is 1.09 bits per heavy atom. The molecule has 3 aromatic rings. The number of hydrogen-bond donors (Lipinski definition) is 1. The van der Waals surface area contributed by atoms with Gasteiger partial charge in [-0.25, -0.2) is 0 Å². The van der Waals surface area contributed by atoms with Gasteiger partial charge >= 0.3 is 0 Å². The van der Waals surface area contributed by atoms with Gasteiger partial charge in [0.2, 0.25) is 0 Å². The SMILES string of the molecule is CC(N)C[C@@H](Oc1ccc2c(ccn2C)c1)c1ccccc1.Cl. The molecule has 4 heteroatoms. The number of nitrogens with two attached hydrogens (primary N) is 1. The maximum atomic E-state index is 6.24. The lowest BCUT2D eigenvalue weighted by atomic mass is 10.0. The van der Waals surface area contributed by atoms with Gasteiger partial charge in [-0.15, -0.1) is 12.4 Å². The summed E-state index contributed by atoms with van der Waals surface area (Å²) in [5.41, 5.74) is 8.36. The standard InChI is InChI=1S/C19H22N2O.ClH/c1-14(20)12-19(15-6-4-3-5-7-15)22-17-8-9-18-16(13-17)10-11-21(18)2;/h3-11,13-14,19H,12,20H2,1-2H3;1H/t14?,19-;/m1./s1. The number of ether oxygens (including phenoxy) is 1. The van der Waals surface area contributed by atoms with Crippen molar-refractivity contribution in [2.45, 2.75) is 25.5 Å². The van der Waals surface area contributed by atoms with Crippen LogP contribution >= 0.6 is 12.4 Å². The third-order valence-electron chi connectivity index (χ3n) is 3.89. The number of benzene rings is 2. The molecule has 0 aliphatic rings. The lowest BCUT2D eigenvalue weighted by molar-refractivity contribution is 0.187. The van der Waals surface area contributed by atoms with Crippen LogP contribution in [0.5, 0.6) is 5.75 Å². The first-order valence-electron chi connectivity index (χ1n) is 7.66. The molecular formula is C19H23ClN2O. The van der Waals surface area contributed by atoms with Crippen molar-refractivity contribution in [2.75, 3.05) is 0 Å². The van der Waals surface area contributed by atoms with E-state index in [2.05, 4.69) is 41.1 Å². The highest BCUT2D eigenvalue weighted by Gasteiger charge is 2.15. The van der Waals surface area contributed by atoms with Crippen LogP contribution in [-0.2, 0) is 7.05 Å². The molecule has 0 aliphatic heterocycles. The molecule has 1 aromatic heterocycles. The molecule has 0 amide bonds.